The molecule has 1 N–H and O–H groups in total. The van der Waals surface area contributed by atoms with E-state index in [0.717, 1.165) is 16.2 Å². The average Bonchev–Trinajstić information content (AvgIpc) is 2.36. The first-order valence-corrected chi connectivity index (χ1v) is 5.27. The maximum Gasteiger partial charge on any atom is 0.157 e. The summed E-state index contributed by atoms with van der Waals surface area (Å²) in [5.74, 6) is -0.0808. The Morgan fingerprint density at radius 3 is 2.29 bits per heavy atom. The summed E-state index contributed by atoms with van der Waals surface area (Å²) in [5, 5.41) is 16.2. The molecule has 0 spiro atoms. The molecule has 0 radical (unpaired) electrons. The molecule has 3 rings (SSSR count). The first-order valence-electron chi connectivity index (χ1n) is 5.27. The van der Waals surface area contributed by atoms with E-state index in [1.54, 1.807) is 6.07 Å². The van der Waals surface area contributed by atoms with Gasteiger partial charge in [-0.3, -0.25) is 0 Å². The molecular formula is C14H9NO2. The molecule has 0 unspecified atom stereocenters. The van der Waals surface area contributed by atoms with Crippen molar-refractivity contribution in [2.24, 2.45) is 5.18 Å². The van der Waals surface area contributed by atoms with Gasteiger partial charge in [-0.1, -0.05) is 30.3 Å². The van der Waals surface area contributed by atoms with Crippen LogP contribution in [0.5, 0.6) is 5.75 Å². The summed E-state index contributed by atoms with van der Waals surface area (Å²) in [6.07, 6.45) is 0. The quantitative estimate of drug-likeness (QED) is 0.498. The Morgan fingerprint density at radius 2 is 1.59 bits per heavy atom. The molecule has 0 aliphatic rings. The van der Waals surface area contributed by atoms with Crippen molar-refractivity contribution in [2.75, 3.05) is 0 Å². The lowest BCUT2D eigenvalue weighted by Gasteiger charge is -2.04. The summed E-state index contributed by atoms with van der Waals surface area (Å²) >= 11 is 0. The lowest BCUT2D eigenvalue weighted by molar-refractivity contribution is 0.477. The number of hydrogen-bond donors (Lipinski definition) is 1. The fraction of sp³-hybridized carbons (Fsp3) is 0. The van der Waals surface area contributed by atoms with Crippen LogP contribution in [0, 0.1) is 4.91 Å². The number of aromatic hydroxyl groups is 1. The van der Waals surface area contributed by atoms with Crippen molar-refractivity contribution in [3.8, 4) is 5.75 Å². The van der Waals surface area contributed by atoms with E-state index in [0.29, 0.717) is 5.39 Å². The number of fused-ring (bicyclic) bond motifs is 2. The van der Waals surface area contributed by atoms with Crippen LogP contribution >= 0.6 is 0 Å². The zero-order chi connectivity index (χ0) is 11.8. The molecule has 0 saturated carbocycles. The highest BCUT2D eigenvalue weighted by molar-refractivity contribution is 6.04. The van der Waals surface area contributed by atoms with Crippen LogP contribution in [-0.2, 0) is 0 Å². The molecule has 3 aromatic carbocycles. The zero-order valence-corrected chi connectivity index (χ0v) is 8.92. The van der Waals surface area contributed by atoms with Gasteiger partial charge < -0.3 is 5.11 Å². The maximum absolute atomic E-state index is 10.8. The standard InChI is InChI=1S/C14H9NO2/c16-13-6-5-11-7-9-3-1-2-4-10(9)8-12(11)14(13)15-17/h1-8,16H. The Morgan fingerprint density at radius 1 is 0.882 bits per heavy atom. The van der Waals surface area contributed by atoms with E-state index in [9.17, 15) is 10.0 Å². The van der Waals surface area contributed by atoms with Gasteiger partial charge in [-0.25, -0.2) is 0 Å². The second-order valence-corrected chi connectivity index (χ2v) is 3.95. The van der Waals surface area contributed by atoms with Crippen LogP contribution < -0.4 is 0 Å². The summed E-state index contributed by atoms with van der Waals surface area (Å²) < 4.78 is 0. The Bertz CT molecular complexity index is 735. The van der Waals surface area contributed by atoms with E-state index in [2.05, 4.69) is 5.18 Å². The molecule has 0 aliphatic heterocycles. The van der Waals surface area contributed by atoms with Gasteiger partial charge >= 0.3 is 0 Å². The number of nitrogens with zero attached hydrogens (tertiary/aromatic N) is 1. The van der Waals surface area contributed by atoms with Gasteiger partial charge in [0.1, 0.15) is 5.75 Å². The molecule has 82 valence electrons. The Labute approximate surface area is 97.3 Å². The third-order valence-corrected chi connectivity index (χ3v) is 2.93. The minimum Gasteiger partial charge on any atom is -0.506 e. The molecule has 0 heterocycles. The SMILES string of the molecule is O=Nc1c(O)ccc2cc3ccccc3cc12. The molecule has 3 nitrogen and oxygen atoms in total. The van der Waals surface area contributed by atoms with Crippen LogP contribution in [0.25, 0.3) is 21.5 Å². The zero-order valence-electron chi connectivity index (χ0n) is 8.92. The molecule has 0 aliphatic carbocycles. The van der Waals surface area contributed by atoms with Crippen LogP contribution in [-0.4, -0.2) is 5.11 Å². The number of benzene rings is 3. The Hall–Kier alpha value is -2.42. The lowest BCUT2D eigenvalue weighted by Crippen LogP contribution is -1.77. The highest BCUT2D eigenvalue weighted by atomic mass is 16.3. The Kier molecular flexibility index (Phi) is 2.05. The number of phenols is 1. The van der Waals surface area contributed by atoms with E-state index in [-0.39, 0.29) is 11.4 Å². The minimum absolute atomic E-state index is 0.0808. The molecule has 0 fully saturated rings. The van der Waals surface area contributed by atoms with Crippen LogP contribution in [0.15, 0.2) is 53.7 Å². The largest absolute Gasteiger partial charge is 0.506 e. The second-order valence-electron chi connectivity index (χ2n) is 3.95. The highest BCUT2D eigenvalue weighted by Crippen LogP contribution is 2.36. The van der Waals surface area contributed by atoms with E-state index in [4.69, 9.17) is 0 Å². The van der Waals surface area contributed by atoms with Crippen LogP contribution in [0.1, 0.15) is 0 Å². The summed E-state index contributed by atoms with van der Waals surface area (Å²) in [7, 11) is 0. The van der Waals surface area contributed by atoms with Crippen molar-refractivity contribution < 1.29 is 5.11 Å². The fourth-order valence-corrected chi connectivity index (χ4v) is 2.08. The van der Waals surface area contributed by atoms with E-state index in [1.165, 1.54) is 6.07 Å². The smallest absolute Gasteiger partial charge is 0.157 e. The summed E-state index contributed by atoms with van der Waals surface area (Å²) in [6.45, 7) is 0. The third-order valence-electron chi connectivity index (χ3n) is 2.93. The van der Waals surface area contributed by atoms with Crippen molar-refractivity contribution in [3.05, 3.63) is 53.4 Å². The van der Waals surface area contributed by atoms with Crippen LogP contribution in [0.3, 0.4) is 0 Å². The number of hydrogen-bond acceptors (Lipinski definition) is 3. The summed E-state index contributed by atoms with van der Waals surface area (Å²) in [6, 6.07) is 15.0. The topological polar surface area (TPSA) is 49.7 Å². The Balaban J connectivity index is 2.52. The number of phenolic OH excluding ortho intramolecular Hbond substituents is 1. The molecule has 0 bridgehead atoms. The monoisotopic (exact) mass is 223 g/mol. The molecule has 0 saturated heterocycles. The van der Waals surface area contributed by atoms with Gasteiger partial charge in [-0.15, -0.1) is 4.91 Å². The van der Waals surface area contributed by atoms with Gasteiger partial charge in [0.25, 0.3) is 0 Å². The normalized spacial score (nSPS) is 10.8. The molecule has 3 heteroatoms. The third kappa shape index (κ3) is 1.44. The van der Waals surface area contributed by atoms with Gasteiger partial charge in [-0.05, 0) is 39.5 Å². The van der Waals surface area contributed by atoms with Gasteiger partial charge in [0, 0.05) is 5.39 Å². The molecular weight excluding hydrogens is 214 g/mol. The van der Waals surface area contributed by atoms with Gasteiger partial charge in [-0.2, -0.15) is 0 Å². The number of rotatable bonds is 1. The van der Waals surface area contributed by atoms with Crippen LogP contribution in [0.4, 0.5) is 5.69 Å². The van der Waals surface area contributed by atoms with E-state index >= 15 is 0 Å². The predicted octanol–water partition coefficient (Wildman–Crippen LogP) is 4.10. The molecule has 0 aromatic heterocycles. The second kappa shape index (κ2) is 3.56. The van der Waals surface area contributed by atoms with E-state index in [1.807, 2.05) is 36.4 Å². The highest BCUT2D eigenvalue weighted by Gasteiger charge is 2.08. The van der Waals surface area contributed by atoms with Crippen molar-refractivity contribution in [3.63, 3.8) is 0 Å². The molecule has 0 amide bonds. The first kappa shape index (κ1) is 9.78. The van der Waals surface area contributed by atoms with Crippen molar-refractivity contribution in [1.82, 2.24) is 0 Å². The molecule has 3 aromatic rings. The molecule has 17 heavy (non-hydrogen) atoms. The maximum atomic E-state index is 10.8. The summed E-state index contributed by atoms with van der Waals surface area (Å²) in [4.78, 5) is 10.8. The van der Waals surface area contributed by atoms with Crippen molar-refractivity contribution in [1.29, 1.82) is 0 Å². The van der Waals surface area contributed by atoms with Crippen molar-refractivity contribution in [2.45, 2.75) is 0 Å². The predicted molar refractivity (Wildman–Crippen MR) is 68.6 cm³/mol. The van der Waals surface area contributed by atoms with Gasteiger partial charge in [0.15, 0.2) is 5.69 Å². The lowest BCUT2D eigenvalue weighted by atomic mass is 10.0. The average molecular weight is 223 g/mol. The van der Waals surface area contributed by atoms with Gasteiger partial charge in [0.2, 0.25) is 0 Å². The van der Waals surface area contributed by atoms with Crippen molar-refractivity contribution >= 4 is 27.2 Å². The first-order chi connectivity index (χ1) is 8.29. The molecule has 0 atom stereocenters. The summed E-state index contributed by atoms with van der Waals surface area (Å²) in [5.41, 5.74) is 0.105. The number of nitroso groups, excluding NO2 is 1. The minimum atomic E-state index is -0.0808. The van der Waals surface area contributed by atoms with Crippen LogP contribution in [0.2, 0.25) is 0 Å². The fourth-order valence-electron chi connectivity index (χ4n) is 2.08. The van der Waals surface area contributed by atoms with Gasteiger partial charge in [0.05, 0.1) is 0 Å². The van der Waals surface area contributed by atoms with E-state index < -0.39 is 0 Å².